The lowest BCUT2D eigenvalue weighted by molar-refractivity contribution is -0.139. The minimum atomic E-state index is -0.652. The van der Waals surface area contributed by atoms with Gasteiger partial charge in [0.25, 0.3) is 0 Å². The van der Waals surface area contributed by atoms with E-state index >= 15 is 0 Å². The summed E-state index contributed by atoms with van der Waals surface area (Å²) < 4.78 is 10.9. The number of carbonyl (C=O) groups excluding carboxylic acids is 1. The van der Waals surface area contributed by atoms with E-state index in [1.165, 1.54) is 6.08 Å². The number of esters is 1. The van der Waals surface area contributed by atoms with Gasteiger partial charge in [0.1, 0.15) is 24.0 Å². The lowest BCUT2D eigenvalue weighted by Crippen LogP contribution is -2.08. The van der Waals surface area contributed by atoms with Gasteiger partial charge in [0.2, 0.25) is 0 Å². The van der Waals surface area contributed by atoms with Crippen molar-refractivity contribution in [2.75, 3.05) is 0 Å². The molecule has 4 heteroatoms. The molecule has 0 radical (unpaired) electrons. The van der Waals surface area contributed by atoms with Gasteiger partial charge < -0.3 is 9.47 Å². The molecular formula is C20H19NO3. The summed E-state index contributed by atoms with van der Waals surface area (Å²) in [6.07, 6.45) is 1.49. The number of ether oxygens (including phenoxy) is 2. The third-order valence-corrected chi connectivity index (χ3v) is 3.13. The first-order chi connectivity index (χ1) is 11.6. The summed E-state index contributed by atoms with van der Waals surface area (Å²) in [5.41, 5.74) is 1.47. The molecular weight excluding hydrogens is 302 g/mol. The summed E-state index contributed by atoms with van der Waals surface area (Å²) in [5, 5.41) is 9.27. The number of benzene rings is 2. The van der Waals surface area contributed by atoms with E-state index < -0.39 is 5.97 Å². The van der Waals surface area contributed by atoms with Crippen LogP contribution in [0.25, 0.3) is 6.08 Å². The zero-order valence-electron chi connectivity index (χ0n) is 13.7. The molecule has 2 rings (SSSR count). The van der Waals surface area contributed by atoms with Crippen molar-refractivity contribution in [2.24, 2.45) is 0 Å². The molecule has 0 amide bonds. The first kappa shape index (κ1) is 17.3. The molecule has 0 aliphatic carbocycles. The van der Waals surface area contributed by atoms with Crippen molar-refractivity contribution in [1.29, 1.82) is 5.26 Å². The van der Waals surface area contributed by atoms with Gasteiger partial charge in [-0.05, 0) is 31.6 Å². The second kappa shape index (κ2) is 8.54. The minimum Gasteiger partial charge on any atom is -0.490 e. The Kier molecular flexibility index (Phi) is 6.16. The summed E-state index contributed by atoms with van der Waals surface area (Å²) >= 11 is 0. The zero-order chi connectivity index (χ0) is 17.4. The van der Waals surface area contributed by atoms with Gasteiger partial charge in [0.15, 0.2) is 0 Å². The molecule has 0 fully saturated rings. The second-order valence-electron chi connectivity index (χ2n) is 5.44. The molecule has 2 aromatic rings. The third-order valence-electron chi connectivity index (χ3n) is 3.13. The number of carbonyl (C=O) groups is 1. The molecule has 0 aromatic heterocycles. The van der Waals surface area contributed by atoms with E-state index in [2.05, 4.69) is 0 Å². The maximum atomic E-state index is 12.1. The van der Waals surface area contributed by atoms with Crippen LogP contribution in [0.4, 0.5) is 0 Å². The number of para-hydroxylation sites is 1. The molecule has 0 unspecified atom stereocenters. The fourth-order valence-corrected chi connectivity index (χ4v) is 2.05. The number of hydrogen-bond acceptors (Lipinski definition) is 4. The Labute approximate surface area is 141 Å². The fourth-order valence-electron chi connectivity index (χ4n) is 2.05. The third kappa shape index (κ3) is 4.99. The Hall–Kier alpha value is -3.06. The van der Waals surface area contributed by atoms with Crippen LogP contribution in [0.15, 0.2) is 60.2 Å². The van der Waals surface area contributed by atoms with E-state index in [4.69, 9.17) is 9.47 Å². The second-order valence-corrected chi connectivity index (χ2v) is 5.44. The lowest BCUT2D eigenvalue weighted by atomic mass is 10.1. The molecule has 0 aliphatic heterocycles. The van der Waals surface area contributed by atoms with Crippen LogP contribution in [-0.2, 0) is 16.1 Å². The quantitative estimate of drug-likeness (QED) is 0.456. The molecule has 0 aliphatic rings. The van der Waals surface area contributed by atoms with Crippen molar-refractivity contribution >= 4 is 12.0 Å². The molecule has 0 saturated carbocycles. The van der Waals surface area contributed by atoms with Crippen LogP contribution in [0.2, 0.25) is 0 Å². The first-order valence-corrected chi connectivity index (χ1v) is 7.68. The fraction of sp³-hybridized carbons (Fsp3) is 0.200. The normalized spacial score (nSPS) is 11.0. The van der Waals surface area contributed by atoms with E-state index in [9.17, 15) is 10.1 Å². The van der Waals surface area contributed by atoms with Gasteiger partial charge in [0.05, 0.1) is 6.10 Å². The van der Waals surface area contributed by atoms with Gasteiger partial charge in [-0.2, -0.15) is 5.26 Å². The van der Waals surface area contributed by atoms with Gasteiger partial charge in [-0.3, -0.25) is 0 Å². The lowest BCUT2D eigenvalue weighted by Gasteiger charge is -2.12. The molecule has 0 N–H and O–H groups in total. The topological polar surface area (TPSA) is 59.3 Å². The number of hydrogen-bond donors (Lipinski definition) is 0. The highest BCUT2D eigenvalue weighted by Crippen LogP contribution is 2.22. The monoisotopic (exact) mass is 321 g/mol. The summed E-state index contributed by atoms with van der Waals surface area (Å²) in [7, 11) is 0. The van der Waals surface area contributed by atoms with Crippen molar-refractivity contribution in [3.05, 3.63) is 71.3 Å². The molecule has 0 heterocycles. The van der Waals surface area contributed by atoms with Gasteiger partial charge in [-0.15, -0.1) is 0 Å². The molecule has 0 atom stereocenters. The summed E-state index contributed by atoms with van der Waals surface area (Å²) in [4.78, 5) is 12.1. The van der Waals surface area contributed by atoms with E-state index in [1.54, 1.807) is 12.1 Å². The van der Waals surface area contributed by atoms with Crippen molar-refractivity contribution in [1.82, 2.24) is 0 Å². The van der Waals surface area contributed by atoms with E-state index in [1.807, 2.05) is 62.4 Å². The molecule has 0 bridgehead atoms. The molecule has 0 spiro atoms. The van der Waals surface area contributed by atoms with Crippen LogP contribution in [0.1, 0.15) is 25.0 Å². The summed E-state index contributed by atoms with van der Waals surface area (Å²) in [6, 6.07) is 18.5. The van der Waals surface area contributed by atoms with Crippen molar-refractivity contribution in [3.8, 4) is 11.8 Å². The van der Waals surface area contributed by atoms with Crippen molar-refractivity contribution in [2.45, 2.75) is 26.6 Å². The Bertz CT molecular complexity index is 758. The van der Waals surface area contributed by atoms with Crippen molar-refractivity contribution in [3.63, 3.8) is 0 Å². The Morgan fingerprint density at radius 3 is 2.46 bits per heavy atom. The zero-order valence-corrected chi connectivity index (χ0v) is 13.7. The van der Waals surface area contributed by atoms with Crippen LogP contribution < -0.4 is 4.74 Å². The summed E-state index contributed by atoms with van der Waals surface area (Å²) in [5.74, 6) is -0.0307. The maximum absolute atomic E-state index is 12.1. The van der Waals surface area contributed by atoms with Crippen LogP contribution in [0.5, 0.6) is 5.75 Å². The minimum absolute atomic E-state index is 0.00452. The first-order valence-electron chi connectivity index (χ1n) is 7.68. The highest BCUT2D eigenvalue weighted by molar-refractivity contribution is 5.98. The summed E-state index contributed by atoms with van der Waals surface area (Å²) in [6.45, 7) is 3.96. The van der Waals surface area contributed by atoms with Crippen LogP contribution in [-0.4, -0.2) is 12.1 Å². The molecule has 2 aromatic carbocycles. The predicted molar refractivity (Wildman–Crippen MR) is 92.0 cm³/mol. The van der Waals surface area contributed by atoms with Gasteiger partial charge >= 0.3 is 5.97 Å². The number of nitrogens with zero attached hydrogens (tertiary/aromatic N) is 1. The van der Waals surface area contributed by atoms with Gasteiger partial charge in [0, 0.05) is 5.56 Å². The molecule has 24 heavy (non-hydrogen) atoms. The Morgan fingerprint density at radius 1 is 1.12 bits per heavy atom. The standard InChI is InChI=1S/C20H19NO3/c1-15(2)24-19-11-7-6-10-17(19)12-18(13-21)20(22)23-14-16-8-4-3-5-9-16/h3-12,15H,14H2,1-2H3. The Balaban J connectivity index is 2.14. The molecule has 0 saturated heterocycles. The maximum Gasteiger partial charge on any atom is 0.349 e. The van der Waals surface area contributed by atoms with Crippen LogP contribution in [0, 0.1) is 11.3 Å². The SMILES string of the molecule is CC(C)Oc1ccccc1C=C(C#N)C(=O)OCc1ccccc1. The Morgan fingerprint density at radius 2 is 1.79 bits per heavy atom. The average molecular weight is 321 g/mol. The highest BCUT2D eigenvalue weighted by Gasteiger charge is 2.13. The van der Waals surface area contributed by atoms with E-state index in [-0.39, 0.29) is 18.3 Å². The van der Waals surface area contributed by atoms with Gasteiger partial charge in [-0.25, -0.2) is 4.79 Å². The predicted octanol–water partition coefficient (Wildman–Crippen LogP) is 4.12. The number of nitriles is 1. The van der Waals surface area contributed by atoms with Crippen LogP contribution in [0.3, 0.4) is 0 Å². The largest absolute Gasteiger partial charge is 0.490 e. The van der Waals surface area contributed by atoms with Crippen molar-refractivity contribution < 1.29 is 14.3 Å². The molecule has 122 valence electrons. The van der Waals surface area contributed by atoms with E-state index in [0.717, 1.165) is 5.56 Å². The molecule has 4 nitrogen and oxygen atoms in total. The van der Waals surface area contributed by atoms with Gasteiger partial charge in [-0.1, -0.05) is 48.5 Å². The average Bonchev–Trinajstić information content (AvgIpc) is 2.59. The smallest absolute Gasteiger partial charge is 0.349 e. The van der Waals surface area contributed by atoms with Crippen LogP contribution >= 0.6 is 0 Å². The highest BCUT2D eigenvalue weighted by atomic mass is 16.5. The number of rotatable bonds is 6. The van der Waals surface area contributed by atoms with E-state index in [0.29, 0.717) is 11.3 Å².